The van der Waals surface area contributed by atoms with E-state index in [2.05, 4.69) is 9.71 Å². The lowest BCUT2D eigenvalue weighted by atomic mass is 9.86. The third-order valence-corrected chi connectivity index (χ3v) is 9.63. The minimum absolute atomic E-state index is 0.0745. The minimum Gasteiger partial charge on any atom is -0.454 e. The lowest BCUT2D eigenvalue weighted by molar-refractivity contribution is 0.174. The first-order chi connectivity index (χ1) is 17.5. The molecule has 10 heteroatoms. The first kappa shape index (κ1) is 23.2. The summed E-state index contributed by atoms with van der Waals surface area (Å²) in [6, 6.07) is 15.1. The summed E-state index contributed by atoms with van der Waals surface area (Å²) in [6.07, 6.45) is 3.19. The molecule has 0 spiro atoms. The summed E-state index contributed by atoms with van der Waals surface area (Å²) in [5.74, 6) is 2.55. The van der Waals surface area contributed by atoms with Gasteiger partial charge in [0.25, 0.3) is 0 Å². The van der Waals surface area contributed by atoms with E-state index in [1.807, 2.05) is 43.3 Å². The normalized spacial score (nSPS) is 19.5. The fourth-order valence-corrected chi connectivity index (χ4v) is 7.20. The van der Waals surface area contributed by atoms with Crippen LogP contribution in [0.25, 0.3) is 22.6 Å². The Hall–Kier alpha value is -3.21. The second-order valence-electron chi connectivity index (χ2n) is 9.18. The molecule has 8 nitrogen and oxygen atoms in total. The van der Waals surface area contributed by atoms with Crippen LogP contribution in [0.15, 0.2) is 58.1 Å². The van der Waals surface area contributed by atoms with Crippen LogP contribution in [-0.4, -0.2) is 36.2 Å². The van der Waals surface area contributed by atoms with Crippen molar-refractivity contribution in [2.24, 2.45) is 0 Å². The number of hydrogen-bond acceptors (Lipinski definition) is 7. The molecule has 0 amide bonds. The molecule has 2 aliphatic rings. The average molecular weight is 523 g/mol. The number of nitrogens with one attached hydrogen (secondary N) is 2. The minimum atomic E-state index is -3.47. The lowest BCUT2D eigenvalue weighted by Gasteiger charge is -2.27. The van der Waals surface area contributed by atoms with Crippen LogP contribution in [-0.2, 0) is 10.0 Å². The summed E-state index contributed by atoms with van der Waals surface area (Å²) in [7, 11) is -3.47. The maximum atomic E-state index is 12.6. The predicted octanol–water partition coefficient (Wildman–Crippen LogP) is 5.24. The summed E-state index contributed by atoms with van der Waals surface area (Å²) in [6.45, 7) is 2.19. The number of hydrogen-bond donors (Lipinski definition) is 2. The molecule has 1 saturated carbocycles. The number of sulfonamides is 1. The number of pyridine rings is 1. The van der Waals surface area contributed by atoms with Crippen molar-refractivity contribution >= 4 is 21.4 Å². The van der Waals surface area contributed by atoms with Gasteiger partial charge in [0.15, 0.2) is 11.5 Å². The van der Waals surface area contributed by atoms with E-state index in [1.165, 1.54) is 11.3 Å². The summed E-state index contributed by atoms with van der Waals surface area (Å²) in [5.41, 5.74) is 4.38. The third-order valence-electron chi connectivity index (χ3n) is 6.71. The van der Waals surface area contributed by atoms with Crippen LogP contribution in [0.2, 0.25) is 0 Å². The SMILES string of the molecule is Cc1cccc(-c2[nH]c(C3CCC(NS(=O)(=O)c4cccs4)CC3)nc2-c2ccc3c(c2)OCO3)n1. The topological polar surface area (TPSA) is 106 Å². The van der Waals surface area contributed by atoms with Gasteiger partial charge in [-0.25, -0.2) is 18.1 Å². The summed E-state index contributed by atoms with van der Waals surface area (Å²) < 4.78 is 39.6. The first-order valence-corrected chi connectivity index (χ1v) is 14.3. The Kier molecular flexibility index (Phi) is 6.02. The van der Waals surface area contributed by atoms with Crippen LogP contribution in [0.1, 0.15) is 43.1 Å². The van der Waals surface area contributed by atoms with Gasteiger partial charge in [-0.15, -0.1) is 11.3 Å². The highest BCUT2D eigenvalue weighted by Crippen LogP contribution is 2.40. The van der Waals surface area contributed by atoms with Gasteiger partial charge in [0, 0.05) is 23.2 Å². The van der Waals surface area contributed by atoms with Gasteiger partial charge in [-0.1, -0.05) is 12.1 Å². The highest BCUT2D eigenvalue weighted by atomic mass is 32.2. The number of benzene rings is 1. The fourth-order valence-electron chi connectivity index (χ4n) is 4.88. The molecule has 4 heterocycles. The summed E-state index contributed by atoms with van der Waals surface area (Å²) in [4.78, 5) is 13.3. The first-order valence-electron chi connectivity index (χ1n) is 12.0. The van der Waals surface area contributed by atoms with Crippen molar-refractivity contribution in [2.75, 3.05) is 6.79 Å². The highest BCUT2D eigenvalue weighted by molar-refractivity contribution is 7.91. The van der Waals surface area contributed by atoms with Crippen molar-refractivity contribution in [3.05, 3.63) is 65.4 Å². The van der Waals surface area contributed by atoms with E-state index in [9.17, 15) is 8.42 Å². The molecule has 1 aliphatic carbocycles. The molecule has 0 atom stereocenters. The smallest absolute Gasteiger partial charge is 0.250 e. The van der Waals surface area contributed by atoms with E-state index in [4.69, 9.17) is 19.4 Å². The van der Waals surface area contributed by atoms with Gasteiger partial charge in [-0.2, -0.15) is 0 Å². The molecule has 36 heavy (non-hydrogen) atoms. The van der Waals surface area contributed by atoms with Gasteiger partial charge in [-0.05, 0) is 74.4 Å². The molecule has 6 rings (SSSR count). The van der Waals surface area contributed by atoms with Crippen molar-refractivity contribution in [1.82, 2.24) is 19.7 Å². The standard InChI is InChI=1S/C26H26N4O4S2/c1-16-4-2-5-20(27-16)25-24(18-9-12-21-22(14-18)34-15-33-21)28-26(29-25)17-7-10-19(11-8-17)30-36(31,32)23-6-3-13-35-23/h2-6,9,12-14,17,19,30H,7-8,10-11,15H2,1H3,(H,28,29). The molecule has 4 aromatic rings. The van der Waals surface area contributed by atoms with E-state index in [0.29, 0.717) is 9.96 Å². The molecule has 0 saturated heterocycles. The number of thiophene rings is 1. The quantitative estimate of drug-likeness (QED) is 0.359. The Morgan fingerprint density at radius 1 is 1.00 bits per heavy atom. The third kappa shape index (κ3) is 4.52. The maximum Gasteiger partial charge on any atom is 0.250 e. The highest BCUT2D eigenvalue weighted by Gasteiger charge is 2.29. The second kappa shape index (κ2) is 9.34. The molecule has 3 aromatic heterocycles. The zero-order chi connectivity index (χ0) is 24.7. The van der Waals surface area contributed by atoms with E-state index in [-0.39, 0.29) is 18.8 Å². The number of aryl methyl sites for hydroxylation is 1. The van der Waals surface area contributed by atoms with Crippen LogP contribution >= 0.6 is 11.3 Å². The van der Waals surface area contributed by atoms with Gasteiger partial charge in [0.2, 0.25) is 16.8 Å². The van der Waals surface area contributed by atoms with Crippen LogP contribution < -0.4 is 14.2 Å². The van der Waals surface area contributed by atoms with Gasteiger partial charge in [0.05, 0.1) is 17.1 Å². The van der Waals surface area contributed by atoms with E-state index < -0.39 is 10.0 Å². The number of aromatic nitrogens is 3. The molecule has 1 aliphatic heterocycles. The van der Waals surface area contributed by atoms with Crippen LogP contribution in [0.3, 0.4) is 0 Å². The van der Waals surface area contributed by atoms with Crippen LogP contribution in [0.4, 0.5) is 0 Å². The Morgan fingerprint density at radius 2 is 1.83 bits per heavy atom. The molecule has 2 N–H and O–H groups in total. The van der Waals surface area contributed by atoms with Crippen molar-refractivity contribution in [1.29, 1.82) is 0 Å². The molecule has 1 fully saturated rings. The number of nitrogens with zero attached hydrogens (tertiary/aromatic N) is 2. The molecule has 0 unspecified atom stereocenters. The lowest BCUT2D eigenvalue weighted by Crippen LogP contribution is -2.37. The van der Waals surface area contributed by atoms with Crippen molar-refractivity contribution in [2.45, 2.75) is 48.8 Å². The number of aromatic amines is 1. The Balaban J connectivity index is 1.26. The van der Waals surface area contributed by atoms with Gasteiger partial charge in [-0.3, -0.25) is 4.98 Å². The van der Waals surface area contributed by atoms with Gasteiger partial charge in [0.1, 0.15) is 10.0 Å². The van der Waals surface area contributed by atoms with Crippen molar-refractivity contribution in [3.63, 3.8) is 0 Å². The number of rotatable bonds is 6. The van der Waals surface area contributed by atoms with E-state index in [0.717, 1.165) is 65.6 Å². The van der Waals surface area contributed by atoms with Crippen LogP contribution in [0.5, 0.6) is 11.5 Å². The average Bonchev–Trinajstić information content (AvgIpc) is 3.65. The molecule has 186 valence electrons. The van der Waals surface area contributed by atoms with Crippen LogP contribution in [0, 0.1) is 6.92 Å². The van der Waals surface area contributed by atoms with Gasteiger partial charge >= 0.3 is 0 Å². The Labute approximate surface area is 213 Å². The number of fused-ring (bicyclic) bond motifs is 1. The number of ether oxygens (including phenoxy) is 2. The molecular weight excluding hydrogens is 496 g/mol. The van der Waals surface area contributed by atoms with E-state index >= 15 is 0 Å². The second-order valence-corrected chi connectivity index (χ2v) is 12.1. The maximum absolute atomic E-state index is 12.6. The molecule has 0 radical (unpaired) electrons. The Bertz CT molecular complexity index is 1490. The predicted molar refractivity (Wildman–Crippen MR) is 138 cm³/mol. The van der Waals surface area contributed by atoms with Crippen molar-refractivity contribution in [3.8, 4) is 34.1 Å². The van der Waals surface area contributed by atoms with Gasteiger partial charge < -0.3 is 14.5 Å². The summed E-state index contributed by atoms with van der Waals surface area (Å²) in [5, 5.41) is 1.78. The molecular formula is C26H26N4O4S2. The molecule has 0 bridgehead atoms. The fraction of sp³-hybridized carbons (Fsp3) is 0.308. The molecule has 1 aromatic carbocycles. The zero-order valence-electron chi connectivity index (χ0n) is 19.7. The van der Waals surface area contributed by atoms with E-state index in [1.54, 1.807) is 17.5 Å². The largest absolute Gasteiger partial charge is 0.454 e. The zero-order valence-corrected chi connectivity index (χ0v) is 21.4. The summed E-state index contributed by atoms with van der Waals surface area (Å²) >= 11 is 1.24. The number of imidazole rings is 1. The monoisotopic (exact) mass is 522 g/mol. The number of H-pyrrole nitrogens is 1. The van der Waals surface area contributed by atoms with Crippen molar-refractivity contribution < 1.29 is 17.9 Å². The Morgan fingerprint density at radius 3 is 2.61 bits per heavy atom.